The van der Waals surface area contributed by atoms with E-state index in [0.29, 0.717) is 6.04 Å². The molecule has 2 fully saturated rings. The van der Waals surface area contributed by atoms with E-state index < -0.39 is 0 Å². The molecular weight excluding hydrogens is 342 g/mol. The summed E-state index contributed by atoms with van der Waals surface area (Å²) in [5.41, 5.74) is 11.5. The van der Waals surface area contributed by atoms with Crippen molar-refractivity contribution in [1.29, 1.82) is 0 Å². The lowest BCUT2D eigenvalue weighted by atomic mass is 10.00. The lowest BCUT2D eigenvalue weighted by Crippen LogP contribution is -2.39. The molecule has 2 aliphatic heterocycles. The molecule has 3 nitrogen and oxygen atoms in total. The lowest BCUT2D eigenvalue weighted by Gasteiger charge is -2.30. The molecule has 2 saturated heterocycles. The fraction of sp³-hybridized carbons (Fsp3) is 0.520. The molecule has 0 bridgehead atoms. The maximum atomic E-state index is 6.04. The van der Waals surface area contributed by atoms with E-state index in [2.05, 4.69) is 58.3 Å². The quantitative estimate of drug-likeness (QED) is 0.814. The highest BCUT2D eigenvalue weighted by Crippen LogP contribution is 2.23. The molecule has 2 aliphatic rings. The maximum absolute atomic E-state index is 6.04. The van der Waals surface area contributed by atoms with Crippen LogP contribution in [0.2, 0.25) is 0 Å². The molecule has 4 rings (SSSR count). The van der Waals surface area contributed by atoms with E-state index in [9.17, 15) is 0 Å². The van der Waals surface area contributed by atoms with Gasteiger partial charge in [-0.15, -0.1) is 0 Å². The van der Waals surface area contributed by atoms with Gasteiger partial charge in [0.25, 0.3) is 0 Å². The monoisotopic (exact) mass is 377 g/mol. The highest BCUT2D eigenvalue weighted by Gasteiger charge is 2.16. The number of nitrogens with zero attached hydrogens (tertiary/aromatic N) is 2. The standard InChI is InChI=1S/C25H35N3/c26-25-12-17-28(18-13-25)20-22-5-4-6-24(19-22)23-9-7-21(8-10-23)11-16-27-14-2-1-3-15-27/h4-10,19,25H,1-3,11-18,20,26H2. The van der Waals surface area contributed by atoms with Crippen molar-refractivity contribution in [2.45, 2.75) is 51.1 Å². The van der Waals surface area contributed by atoms with Gasteiger partial charge in [0.05, 0.1) is 0 Å². The van der Waals surface area contributed by atoms with E-state index in [1.807, 2.05) is 0 Å². The largest absolute Gasteiger partial charge is 0.328 e. The normalized spacial score (nSPS) is 19.8. The SMILES string of the molecule is NC1CCN(Cc2cccc(-c3ccc(CCN4CCCCC4)cc3)c2)CC1. The molecule has 0 spiro atoms. The summed E-state index contributed by atoms with van der Waals surface area (Å²) in [5, 5.41) is 0. The van der Waals surface area contributed by atoms with E-state index in [4.69, 9.17) is 5.73 Å². The highest BCUT2D eigenvalue weighted by molar-refractivity contribution is 5.64. The van der Waals surface area contributed by atoms with Crippen LogP contribution in [-0.2, 0) is 13.0 Å². The van der Waals surface area contributed by atoms with Gasteiger partial charge in [0.1, 0.15) is 0 Å². The molecular formula is C25H35N3. The Hall–Kier alpha value is -1.68. The van der Waals surface area contributed by atoms with Crippen molar-refractivity contribution in [1.82, 2.24) is 9.80 Å². The average Bonchev–Trinajstić information content (AvgIpc) is 2.75. The molecule has 3 heteroatoms. The zero-order valence-corrected chi connectivity index (χ0v) is 17.2. The summed E-state index contributed by atoms with van der Waals surface area (Å²) in [7, 11) is 0. The van der Waals surface area contributed by atoms with Crippen LogP contribution >= 0.6 is 0 Å². The second-order valence-electron chi connectivity index (χ2n) is 8.66. The van der Waals surface area contributed by atoms with E-state index in [1.165, 1.54) is 61.2 Å². The molecule has 2 aromatic carbocycles. The number of benzene rings is 2. The van der Waals surface area contributed by atoms with E-state index in [0.717, 1.165) is 38.9 Å². The number of hydrogen-bond donors (Lipinski definition) is 1. The summed E-state index contributed by atoms with van der Waals surface area (Å²) >= 11 is 0. The highest BCUT2D eigenvalue weighted by atomic mass is 15.1. The van der Waals surface area contributed by atoms with Crippen molar-refractivity contribution in [2.24, 2.45) is 5.73 Å². The first-order chi connectivity index (χ1) is 13.8. The first-order valence-electron chi connectivity index (χ1n) is 11.1. The first kappa shape index (κ1) is 19.6. The average molecular weight is 378 g/mol. The number of nitrogens with two attached hydrogens (primary N) is 1. The minimum Gasteiger partial charge on any atom is -0.328 e. The van der Waals surface area contributed by atoms with Gasteiger partial charge in [-0.2, -0.15) is 0 Å². The number of likely N-dealkylation sites (tertiary alicyclic amines) is 2. The van der Waals surface area contributed by atoms with Crippen molar-refractivity contribution in [3.63, 3.8) is 0 Å². The van der Waals surface area contributed by atoms with Crippen LogP contribution in [0, 0.1) is 0 Å². The molecule has 2 aromatic rings. The molecule has 0 amide bonds. The molecule has 0 unspecified atom stereocenters. The van der Waals surface area contributed by atoms with Gasteiger partial charge in [0.15, 0.2) is 0 Å². The van der Waals surface area contributed by atoms with Crippen LogP contribution < -0.4 is 5.73 Å². The maximum Gasteiger partial charge on any atom is 0.0233 e. The number of piperidine rings is 2. The third-order valence-corrected chi connectivity index (χ3v) is 6.42. The van der Waals surface area contributed by atoms with Gasteiger partial charge >= 0.3 is 0 Å². The summed E-state index contributed by atoms with van der Waals surface area (Å²) in [6.07, 6.45) is 7.57. The van der Waals surface area contributed by atoms with Crippen molar-refractivity contribution in [3.05, 3.63) is 59.7 Å². The van der Waals surface area contributed by atoms with Crippen molar-refractivity contribution >= 4 is 0 Å². The molecule has 0 aliphatic carbocycles. The third kappa shape index (κ3) is 5.44. The lowest BCUT2D eigenvalue weighted by molar-refractivity contribution is 0.205. The molecule has 2 heterocycles. The summed E-state index contributed by atoms with van der Waals surface area (Å²) in [6, 6.07) is 18.7. The second kappa shape index (κ2) is 9.69. The van der Waals surface area contributed by atoms with Crippen molar-refractivity contribution < 1.29 is 0 Å². The number of rotatable bonds is 6. The van der Waals surface area contributed by atoms with Gasteiger partial charge in [-0.05, 0) is 86.6 Å². The first-order valence-corrected chi connectivity index (χ1v) is 11.1. The topological polar surface area (TPSA) is 32.5 Å². The Balaban J connectivity index is 1.34. The minimum atomic E-state index is 0.399. The zero-order valence-electron chi connectivity index (χ0n) is 17.2. The summed E-state index contributed by atoms with van der Waals surface area (Å²) in [6.45, 7) is 7.05. The Morgan fingerprint density at radius 3 is 2.25 bits per heavy atom. The predicted octanol–water partition coefficient (Wildman–Crippen LogP) is 4.31. The van der Waals surface area contributed by atoms with Gasteiger partial charge in [0, 0.05) is 19.1 Å². The van der Waals surface area contributed by atoms with Crippen LogP contribution in [0.1, 0.15) is 43.2 Å². The van der Waals surface area contributed by atoms with Crippen LogP contribution in [0.15, 0.2) is 48.5 Å². The van der Waals surface area contributed by atoms with Crippen LogP contribution in [0.25, 0.3) is 11.1 Å². The fourth-order valence-electron chi connectivity index (χ4n) is 4.55. The Labute approximate surface area is 170 Å². The van der Waals surface area contributed by atoms with Crippen LogP contribution in [0.4, 0.5) is 0 Å². The molecule has 150 valence electrons. The van der Waals surface area contributed by atoms with Crippen LogP contribution in [0.3, 0.4) is 0 Å². The number of hydrogen-bond acceptors (Lipinski definition) is 3. The van der Waals surface area contributed by atoms with Crippen molar-refractivity contribution in [3.8, 4) is 11.1 Å². The zero-order chi connectivity index (χ0) is 19.2. The Bertz CT molecular complexity index is 726. The predicted molar refractivity (Wildman–Crippen MR) is 118 cm³/mol. The van der Waals surface area contributed by atoms with Crippen molar-refractivity contribution in [2.75, 3.05) is 32.7 Å². The Kier molecular flexibility index (Phi) is 6.79. The van der Waals surface area contributed by atoms with Gasteiger partial charge < -0.3 is 10.6 Å². The summed E-state index contributed by atoms with van der Waals surface area (Å²) < 4.78 is 0. The summed E-state index contributed by atoms with van der Waals surface area (Å²) in [4.78, 5) is 5.15. The Morgan fingerprint density at radius 1 is 0.750 bits per heavy atom. The molecule has 0 saturated carbocycles. The second-order valence-corrected chi connectivity index (χ2v) is 8.66. The molecule has 28 heavy (non-hydrogen) atoms. The Morgan fingerprint density at radius 2 is 1.50 bits per heavy atom. The molecule has 0 aromatic heterocycles. The van der Waals surface area contributed by atoms with Crippen LogP contribution in [0.5, 0.6) is 0 Å². The van der Waals surface area contributed by atoms with Gasteiger partial charge in [-0.3, -0.25) is 4.90 Å². The van der Waals surface area contributed by atoms with E-state index in [-0.39, 0.29) is 0 Å². The van der Waals surface area contributed by atoms with E-state index in [1.54, 1.807) is 0 Å². The smallest absolute Gasteiger partial charge is 0.0233 e. The third-order valence-electron chi connectivity index (χ3n) is 6.42. The molecule has 0 radical (unpaired) electrons. The minimum absolute atomic E-state index is 0.399. The van der Waals surface area contributed by atoms with Gasteiger partial charge in [0.2, 0.25) is 0 Å². The molecule has 0 atom stereocenters. The van der Waals surface area contributed by atoms with E-state index >= 15 is 0 Å². The van der Waals surface area contributed by atoms with Gasteiger partial charge in [-0.1, -0.05) is 48.9 Å². The fourth-order valence-corrected chi connectivity index (χ4v) is 4.55. The van der Waals surface area contributed by atoms with Gasteiger partial charge in [-0.25, -0.2) is 0 Å². The summed E-state index contributed by atoms with van der Waals surface area (Å²) in [5.74, 6) is 0. The molecule has 2 N–H and O–H groups in total. The van der Waals surface area contributed by atoms with Crippen LogP contribution in [-0.4, -0.2) is 48.6 Å².